The molecule has 0 aromatic rings. The molecule has 0 spiro atoms. The Morgan fingerprint density at radius 1 is 0.900 bits per heavy atom. The van der Waals surface area contributed by atoms with Crippen molar-refractivity contribution in [2.24, 2.45) is 0 Å². The first-order valence-corrected chi connectivity index (χ1v) is 5.48. The maximum atomic E-state index is 8.85. The van der Waals surface area contributed by atoms with Crippen LogP contribution in [-0.2, 0) is 72.6 Å². The van der Waals surface area contributed by atoms with Crippen molar-refractivity contribution < 1.29 is 57.9 Å². The zero-order valence-corrected chi connectivity index (χ0v) is 14.1. The number of rotatable bonds is 0. The van der Waals surface area contributed by atoms with Gasteiger partial charge in [-0.15, -0.1) is 9.13 Å². The van der Waals surface area contributed by atoms with Crippen LogP contribution in [0, 0.1) is 0 Å². The van der Waals surface area contributed by atoms with Crippen LogP contribution in [-0.4, -0.2) is 0 Å². The Kier molecular flexibility index (Phi) is 39.1. The van der Waals surface area contributed by atoms with Crippen LogP contribution in [0.25, 0.3) is 0 Å². The van der Waals surface area contributed by atoms with Gasteiger partial charge in [0, 0.05) is 0 Å². The largest absolute Gasteiger partial charge is 2.00 e. The Bertz CT molecular complexity index is 77.3. The van der Waals surface area contributed by atoms with Crippen molar-refractivity contribution in [1.82, 2.24) is 0 Å². The molecule has 0 aromatic heterocycles. The average Bonchev–Trinajstić information content (AvgIpc) is 1.25. The predicted octanol–water partition coefficient (Wildman–Crippen LogP) is -0.903. The Hall–Kier alpha value is 2.07. The van der Waals surface area contributed by atoms with E-state index < -0.39 is 14.5 Å². The van der Waals surface area contributed by atoms with Crippen LogP contribution in [0.1, 0.15) is 0 Å². The molecular weight excluding hydrogens is 321 g/mol. The molecule has 10 heavy (non-hydrogen) atoms. The zero-order chi connectivity index (χ0) is 7.15. The Morgan fingerprint density at radius 3 is 0.900 bits per heavy atom. The van der Waals surface area contributed by atoms with Crippen molar-refractivity contribution in [2.75, 3.05) is 0 Å². The minimum absolute atomic E-state index is 0. The van der Waals surface area contributed by atoms with Gasteiger partial charge >= 0.3 is 39.0 Å². The fourth-order valence-electron chi connectivity index (χ4n) is 0. The van der Waals surface area contributed by atoms with Gasteiger partial charge in [-0.25, -0.2) is 0 Å². The van der Waals surface area contributed by atoms with Gasteiger partial charge in [0.15, 0.2) is 14.5 Å². The van der Waals surface area contributed by atoms with Crippen LogP contribution in [0.5, 0.6) is 0 Å². The average molecular weight is 321 g/mol. The van der Waals surface area contributed by atoms with Crippen molar-refractivity contribution in [3.63, 3.8) is 0 Å². The van der Waals surface area contributed by atoms with Crippen LogP contribution in [0.15, 0.2) is 0 Å². The van der Waals surface area contributed by atoms with E-state index in [1.807, 2.05) is 0 Å². The van der Waals surface area contributed by atoms with Gasteiger partial charge in [0.1, 0.15) is 0 Å². The summed E-state index contributed by atoms with van der Waals surface area (Å²) in [6.07, 6.45) is 0. The predicted molar refractivity (Wildman–Crippen MR) is 29.9 cm³/mol. The Balaban J connectivity index is -0.0000000300. The van der Waals surface area contributed by atoms with Crippen LogP contribution in [0.4, 0.5) is 0 Å². The fourth-order valence-corrected chi connectivity index (χ4v) is 0. The molecule has 0 aromatic carbocycles. The molecule has 0 amide bonds. The molecule has 0 saturated heterocycles. The molecule has 0 fully saturated rings. The van der Waals surface area contributed by atoms with Crippen LogP contribution < -0.4 is 9.79 Å². The second-order valence-electron chi connectivity index (χ2n) is 0.447. The second kappa shape index (κ2) is 17.2. The van der Waals surface area contributed by atoms with E-state index in [1.54, 1.807) is 0 Å². The van der Waals surface area contributed by atoms with E-state index >= 15 is 0 Å². The van der Waals surface area contributed by atoms with Crippen LogP contribution in [0.2, 0.25) is 0 Å². The summed E-state index contributed by atoms with van der Waals surface area (Å²) in [4.78, 5) is 17.7. The Morgan fingerprint density at radius 2 is 0.900 bits per heavy atom. The van der Waals surface area contributed by atoms with E-state index in [0.717, 1.165) is 0 Å². The zero-order valence-electron chi connectivity index (χ0n) is 4.76. The summed E-state index contributed by atoms with van der Waals surface area (Å²) in [7, 11) is -5.07. The summed E-state index contributed by atoms with van der Waals surface area (Å²) in [5.74, 6) is 0. The van der Waals surface area contributed by atoms with Gasteiger partial charge in [-0.05, 0) is 0 Å². The van der Waals surface area contributed by atoms with E-state index in [2.05, 4.69) is 24.5 Å². The van der Waals surface area contributed by atoms with Gasteiger partial charge in [-0.3, -0.25) is 0 Å². The molecule has 2 unspecified atom stereocenters. The molecule has 0 rings (SSSR count). The van der Waals surface area contributed by atoms with Gasteiger partial charge in [0.25, 0.3) is 0 Å². The summed E-state index contributed by atoms with van der Waals surface area (Å²) >= 11 is 7.15. The van der Waals surface area contributed by atoms with Crippen LogP contribution >= 0.6 is 14.5 Å². The van der Waals surface area contributed by atoms with Crippen molar-refractivity contribution in [3.05, 3.63) is 0 Å². The van der Waals surface area contributed by atoms with E-state index in [0.29, 0.717) is 0 Å². The van der Waals surface area contributed by atoms with E-state index in [1.165, 1.54) is 0 Å². The van der Waals surface area contributed by atoms with Crippen molar-refractivity contribution in [2.45, 2.75) is 0 Å². The van der Waals surface area contributed by atoms with Crippen molar-refractivity contribution in [3.8, 4) is 0 Å². The molecule has 4 nitrogen and oxygen atoms in total. The molecule has 0 N–H and O–H groups in total. The molecule has 48 valence electrons. The molecule has 0 aliphatic carbocycles. The second-order valence-corrected chi connectivity index (χ2v) is 3.13. The number of hydrogen-bond acceptors (Lipinski definition) is 6. The minimum atomic E-state index is -2.54. The normalized spacial score (nSPS) is 8.80. The van der Waals surface area contributed by atoms with Gasteiger partial charge in [-0.2, -0.15) is 0 Å². The van der Waals surface area contributed by atoms with Gasteiger partial charge in [0.05, 0.1) is 0 Å². The summed E-state index contributed by atoms with van der Waals surface area (Å²) in [5, 5.41) is 0. The van der Waals surface area contributed by atoms with Crippen LogP contribution in [0.3, 0.4) is 0 Å². The first-order valence-electron chi connectivity index (χ1n) is 1.10. The molecular formula is O4P2S2Zn2+2. The standard InChI is InChI=1S/2HO2PS.2Zn/c2*1-3(2)4;;/h2*(H,1,2,4);;/q;;2*+2/p-2. The van der Waals surface area contributed by atoms with E-state index in [-0.39, 0.29) is 39.0 Å². The Labute approximate surface area is 96.1 Å². The summed E-state index contributed by atoms with van der Waals surface area (Å²) in [5.41, 5.74) is 0. The third-order valence-electron chi connectivity index (χ3n) is 0. The molecule has 0 bridgehead atoms. The first kappa shape index (κ1) is 22.7. The monoisotopic (exact) mass is 318 g/mol. The van der Waals surface area contributed by atoms with E-state index in [4.69, 9.17) is 18.9 Å². The molecule has 0 radical (unpaired) electrons. The first-order chi connectivity index (χ1) is 3.46. The summed E-state index contributed by atoms with van der Waals surface area (Å²) in [6, 6.07) is 0. The van der Waals surface area contributed by atoms with E-state index in [9.17, 15) is 0 Å². The third-order valence-corrected chi connectivity index (χ3v) is 0. The third kappa shape index (κ3) is 194. The van der Waals surface area contributed by atoms with Crippen molar-refractivity contribution in [1.29, 1.82) is 0 Å². The maximum absolute atomic E-state index is 8.85. The minimum Gasteiger partial charge on any atom is -0.614 e. The van der Waals surface area contributed by atoms with Gasteiger partial charge < -0.3 is 34.3 Å². The molecule has 0 heterocycles. The molecule has 10 heteroatoms. The fraction of sp³-hybridized carbons (Fsp3) is 0. The molecule has 2 atom stereocenters. The summed E-state index contributed by atoms with van der Waals surface area (Å²) < 4.78 is 17.7. The molecule has 0 saturated carbocycles. The van der Waals surface area contributed by atoms with Gasteiger partial charge in [0.2, 0.25) is 0 Å². The number of hydrogen-bond donors (Lipinski definition) is 0. The summed E-state index contributed by atoms with van der Waals surface area (Å²) in [6.45, 7) is 0. The smallest absolute Gasteiger partial charge is 0.614 e. The molecule has 0 aliphatic rings. The molecule has 0 aliphatic heterocycles. The maximum Gasteiger partial charge on any atom is 2.00 e. The topological polar surface area (TPSA) is 80.3 Å². The van der Waals surface area contributed by atoms with Crippen molar-refractivity contribution >= 4 is 39.0 Å². The quantitative estimate of drug-likeness (QED) is 0.327. The van der Waals surface area contributed by atoms with Gasteiger partial charge in [-0.1, -0.05) is 0 Å². The SMILES string of the molecule is O=[P+]([O-])[S-].O=[P+]([O-])[S-].[Zn+2].[Zn+2].